The lowest BCUT2D eigenvalue weighted by Gasteiger charge is -2.24. The standard InChI is InChI=1S/C14H20ClNO2/c1-18-9-13(8-17)16-14(10-2-3-10)11-4-6-12(15)7-5-11/h4-7,10,13-14,16-17H,2-3,8-9H2,1H3. The molecule has 2 rings (SSSR count). The van der Waals surface area contributed by atoms with Crippen molar-refractivity contribution in [3.63, 3.8) is 0 Å². The molecule has 1 aliphatic carbocycles. The first-order valence-corrected chi connectivity index (χ1v) is 6.73. The Hall–Kier alpha value is -0.610. The van der Waals surface area contributed by atoms with Crippen LogP contribution in [0, 0.1) is 5.92 Å². The van der Waals surface area contributed by atoms with Gasteiger partial charge in [-0.2, -0.15) is 0 Å². The topological polar surface area (TPSA) is 41.5 Å². The highest BCUT2D eigenvalue weighted by Gasteiger charge is 2.33. The summed E-state index contributed by atoms with van der Waals surface area (Å²) in [4.78, 5) is 0. The van der Waals surface area contributed by atoms with Crippen LogP contribution >= 0.6 is 11.6 Å². The van der Waals surface area contributed by atoms with Gasteiger partial charge in [-0.15, -0.1) is 0 Å². The van der Waals surface area contributed by atoms with Gasteiger partial charge < -0.3 is 15.2 Å². The minimum absolute atomic E-state index is 0.0173. The molecule has 1 aromatic rings. The number of methoxy groups -OCH3 is 1. The van der Waals surface area contributed by atoms with Gasteiger partial charge in [-0.1, -0.05) is 23.7 Å². The molecule has 0 radical (unpaired) electrons. The van der Waals surface area contributed by atoms with Gasteiger partial charge in [0.2, 0.25) is 0 Å². The molecule has 1 aliphatic rings. The van der Waals surface area contributed by atoms with Gasteiger partial charge in [-0.3, -0.25) is 0 Å². The maximum atomic E-state index is 9.34. The molecule has 0 aromatic heterocycles. The summed E-state index contributed by atoms with van der Waals surface area (Å²) in [5.74, 6) is 0.664. The van der Waals surface area contributed by atoms with E-state index in [1.165, 1.54) is 18.4 Å². The molecule has 1 aromatic carbocycles. The third kappa shape index (κ3) is 3.69. The third-order valence-electron chi connectivity index (χ3n) is 3.33. The number of halogens is 1. The molecule has 0 saturated heterocycles. The van der Waals surface area contributed by atoms with E-state index in [9.17, 15) is 5.11 Å². The van der Waals surface area contributed by atoms with Gasteiger partial charge in [0.05, 0.1) is 19.3 Å². The van der Waals surface area contributed by atoms with Crippen LogP contribution in [0.5, 0.6) is 0 Å². The fourth-order valence-electron chi connectivity index (χ4n) is 2.21. The van der Waals surface area contributed by atoms with Crippen molar-refractivity contribution in [2.24, 2.45) is 5.92 Å². The average molecular weight is 270 g/mol. The van der Waals surface area contributed by atoms with E-state index in [0.717, 1.165) is 5.02 Å². The molecule has 0 amide bonds. The van der Waals surface area contributed by atoms with Crippen LogP contribution in [0.1, 0.15) is 24.4 Å². The van der Waals surface area contributed by atoms with E-state index in [2.05, 4.69) is 17.4 Å². The molecule has 0 spiro atoms. The number of ether oxygens (including phenoxy) is 1. The fourth-order valence-corrected chi connectivity index (χ4v) is 2.34. The molecule has 100 valence electrons. The zero-order valence-corrected chi connectivity index (χ0v) is 11.4. The van der Waals surface area contributed by atoms with Gasteiger partial charge in [0.25, 0.3) is 0 Å². The van der Waals surface area contributed by atoms with Crippen molar-refractivity contribution in [1.29, 1.82) is 0 Å². The second-order valence-corrected chi connectivity index (χ2v) is 5.30. The van der Waals surface area contributed by atoms with Crippen molar-refractivity contribution < 1.29 is 9.84 Å². The first-order chi connectivity index (χ1) is 8.74. The van der Waals surface area contributed by atoms with Crippen LogP contribution in [0.4, 0.5) is 0 Å². The summed E-state index contributed by atoms with van der Waals surface area (Å²) in [6, 6.07) is 8.21. The SMILES string of the molecule is COCC(CO)NC(c1ccc(Cl)cc1)C1CC1. The zero-order valence-electron chi connectivity index (χ0n) is 10.6. The minimum Gasteiger partial charge on any atom is -0.395 e. The molecule has 0 bridgehead atoms. The van der Waals surface area contributed by atoms with Crippen LogP contribution in [0.25, 0.3) is 0 Å². The van der Waals surface area contributed by atoms with Gasteiger partial charge in [-0.25, -0.2) is 0 Å². The predicted molar refractivity (Wildman–Crippen MR) is 72.8 cm³/mol. The summed E-state index contributed by atoms with van der Waals surface area (Å²) < 4.78 is 5.11. The first kappa shape index (κ1) is 13.8. The Balaban J connectivity index is 2.05. The summed E-state index contributed by atoms with van der Waals surface area (Å²) in [6.07, 6.45) is 2.48. The van der Waals surface area contributed by atoms with Crippen molar-refractivity contribution in [3.05, 3.63) is 34.9 Å². The predicted octanol–water partition coefficient (Wildman–Crippen LogP) is 2.39. The normalized spacial score (nSPS) is 18.6. The number of nitrogens with one attached hydrogen (secondary N) is 1. The van der Waals surface area contributed by atoms with Crippen molar-refractivity contribution in [3.8, 4) is 0 Å². The maximum Gasteiger partial charge on any atom is 0.0638 e. The van der Waals surface area contributed by atoms with Gasteiger partial charge in [0, 0.05) is 18.2 Å². The highest BCUT2D eigenvalue weighted by molar-refractivity contribution is 6.30. The average Bonchev–Trinajstić information content (AvgIpc) is 3.20. The van der Waals surface area contributed by atoms with Crippen LogP contribution < -0.4 is 5.32 Å². The molecule has 2 atom stereocenters. The molecule has 4 heteroatoms. The summed E-state index contributed by atoms with van der Waals surface area (Å²) in [5.41, 5.74) is 1.23. The lowest BCUT2D eigenvalue weighted by Crippen LogP contribution is -2.39. The van der Waals surface area contributed by atoms with Crippen LogP contribution in [0.2, 0.25) is 5.02 Å². The van der Waals surface area contributed by atoms with Gasteiger partial charge in [0.15, 0.2) is 0 Å². The Kier molecular flexibility index (Phi) is 5.01. The summed E-state index contributed by atoms with van der Waals surface area (Å²) in [7, 11) is 1.65. The van der Waals surface area contributed by atoms with E-state index >= 15 is 0 Å². The van der Waals surface area contributed by atoms with Crippen LogP contribution in [-0.2, 0) is 4.74 Å². The van der Waals surface area contributed by atoms with Crippen molar-refractivity contribution >= 4 is 11.6 Å². The number of aliphatic hydroxyl groups is 1. The number of hydrogen-bond acceptors (Lipinski definition) is 3. The molecule has 0 aliphatic heterocycles. The molecule has 2 unspecified atom stereocenters. The Bertz CT molecular complexity index is 365. The molecule has 3 nitrogen and oxygen atoms in total. The van der Waals surface area contributed by atoms with Crippen LogP contribution in [-0.4, -0.2) is 31.5 Å². The number of hydrogen-bond donors (Lipinski definition) is 2. The van der Waals surface area contributed by atoms with E-state index in [1.54, 1.807) is 7.11 Å². The second-order valence-electron chi connectivity index (χ2n) is 4.87. The molecule has 1 saturated carbocycles. The minimum atomic E-state index is -0.0173. The number of benzene rings is 1. The molecule has 0 heterocycles. The lowest BCUT2D eigenvalue weighted by atomic mass is 10.0. The molecule has 1 fully saturated rings. The Morgan fingerprint density at radius 1 is 1.39 bits per heavy atom. The largest absolute Gasteiger partial charge is 0.395 e. The van der Waals surface area contributed by atoms with E-state index in [4.69, 9.17) is 16.3 Å². The second kappa shape index (κ2) is 6.53. The lowest BCUT2D eigenvalue weighted by molar-refractivity contribution is 0.120. The molecule has 2 N–H and O–H groups in total. The zero-order chi connectivity index (χ0) is 13.0. The fraction of sp³-hybridized carbons (Fsp3) is 0.571. The maximum absolute atomic E-state index is 9.34. The highest BCUT2D eigenvalue weighted by Crippen LogP contribution is 2.41. The molecule has 18 heavy (non-hydrogen) atoms. The number of rotatable bonds is 7. The Morgan fingerprint density at radius 2 is 2.06 bits per heavy atom. The molecular weight excluding hydrogens is 250 g/mol. The summed E-state index contributed by atoms with van der Waals surface area (Å²) in [5, 5.41) is 13.6. The van der Waals surface area contributed by atoms with Crippen molar-refractivity contribution in [2.75, 3.05) is 20.3 Å². The van der Waals surface area contributed by atoms with E-state index in [0.29, 0.717) is 12.5 Å². The summed E-state index contributed by atoms with van der Waals surface area (Å²) >= 11 is 5.91. The van der Waals surface area contributed by atoms with Gasteiger partial charge in [0.1, 0.15) is 0 Å². The Labute approximate surface area is 113 Å². The Morgan fingerprint density at radius 3 is 2.56 bits per heavy atom. The van der Waals surface area contributed by atoms with E-state index in [1.807, 2.05) is 12.1 Å². The number of aliphatic hydroxyl groups excluding tert-OH is 1. The quantitative estimate of drug-likeness (QED) is 0.799. The monoisotopic (exact) mass is 269 g/mol. The van der Waals surface area contributed by atoms with E-state index < -0.39 is 0 Å². The third-order valence-corrected chi connectivity index (χ3v) is 3.58. The van der Waals surface area contributed by atoms with Gasteiger partial charge >= 0.3 is 0 Å². The summed E-state index contributed by atoms with van der Waals surface area (Å²) in [6.45, 7) is 0.609. The van der Waals surface area contributed by atoms with Gasteiger partial charge in [-0.05, 0) is 36.5 Å². The smallest absolute Gasteiger partial charge is 0.0638 e. The first-order valence-electron chi connectivity index (χ1n) is 6.36. The van der Waals surface area contributed by atoms with Crippen LogP contribution in [0.15, 0.2) is 24.3 Å². The van der Waals surface area contributed by atoms with Crippen molar-refractivity contribution in [2.45, 2.75) is 24.9 Å². The van der Waals surface area contributed by atoms with E-state index in [-0.39, 0.29) is 18.7 Å². The van der Waals surface area contributed by atoms with Crippen LogP contribution in [0.3, 0.4) is 0 Å². The van der Waals surface area contributed by atoms with Crippen molar-refractivity contribution in [1.82, 2.24) is 5.32 Å². The molecular formula is C14H20ClNO2. The highest BCUT2D eigenvalue weighted by atomic mass is 35.5.